The number of hydrogen-bond donors (Lipinski definition) is 1. The SMILES string of the molecule is Cc1cc2nc[nH]c(=O)n2n1. The lowest BCUT2D eigenvalue weighted by molar-refractivity contribution is 0.828. The maximum absolute atomic E-state index is 11.0. The van der Waals surface area contributed by atoms with Gasteiger partial charge >= 0.3 is 5.69 Å². The molecular formula is C6H6N4O. The molecule has 5 heteroatoms. The molecular weight excluding hydrogens is 144 g/mol. The number of nitrogens with one attached hydrogen (secondary N) is 1. The van der Waals surface area contributed by atoms with E-state index in [0.29, 0.717) is 5.65 Å². The number of fused-ring (bicyclic) bond motifs is 1. The third-order valence-corrected chi connectivity index (χ3v) is 1.39. The number of aryl methyl sites for hydroxylation is 1. The molecule has 0 radical (unpaired) electrons. The first kappa shape index (κ1) is 6.09. The molecule has 2 aromatic rings. The second kappa shape index (κ2) is 1.91. The zero-order valence-electron chi connectivity index (χ0n) is 5.90. The van der Waals surface area contributed by atoms with E-state index in [9.17, 15) is 4.79 Å². The zero-order valence-corrected chi connectivity index (χ0v) is 5.90. The Morgan fingerprint density at radius 2 is 2.45 bits per heavy atom. The number of aromatic amines is 1. The van der Waals surface area contributed by atoms with E-state index in [1.165, 1.54) is 10.8 Å². The smallest absolute Gasteiger partial charge is 0.296 e. The first-order chi connectivity index (χ1) is 5.27. The Bertz CT molecular complexity index is 441. The van der Waals surface area contributed by atoms with Crippen molar-refractivity contribution < 1.29 is 0 Å². The van der Waals surface area contributed by atoms with Gasteiger partial charge in [-0.05, 0) is 6.92 Å². The standard InChI is InChI=1S/C6H6N4O/c1-4-2-5-7-3-8-6(11)10(5)9-4/h2-3H,1H3,(H,7,8,11). The lowest BCUT2D eigenvalue weighted by atomic mass is 10.5. The molecule has 0 aliphatic heterocycles. The molecule has 0 saturated heterocycles. The maximum Gasteiger partial charge on any atom is 0.349 e. The van der Waals surface area contributed by atoms with E-state index in [1.807, 2.05) is 6.92 Å². The summed E-state index contributed by atoms with van der Waals surface area (Å²) in [5.74, 6) is 0. The summed E-state index contributed by atoms with van der Waals surface area (Å²) in [5, 5.41) is 3.92. The highest BCUT2D eigenvalue weighted by Crippen LogP contribution is 1.95. The second-order valence-electron chi connectivity index (χ2n) is 2.26. The van der Waals surface area contributed by atoms with Crippen LogP contribution in [-0.4, -0.2) is 19.6 Å². The minimum atomic E-state index is -0.261. The van der Waals surface area contributed by atoms with Crippen LogP contribution in [0.3, 0.4) is 0 Å². The van der Waals surface area contributed by atoms with Gasteiger partial charge in [0.1, 0.15) is 0 Å². The van der Waals surface area contributed by atoms with Crippen molar-refractivity contribution >= 4 is 5.65 Å². The van der Waals surface area contributed by atoms with E-state index in [1.54, 1.807) is 6.07 Å². The van der Waals surface area contributed by atoms with Gasteiger partial charge in [0.15, 0.2) is 5.65 Å². The average molecular weight is 150 g/mol. The number of H-pyrrole nitrogens is 1. The van der Waals surface area contributed by atoms with Crippen molar-refractivity contribution in [2.45, 2.75) is 6.92 Å². The first-order valence-electron chi connectivity index (χ1n) is 3.17. The van der Waals surface area contributed by atoms with Crippen LogP contribution >= 0.6 is 0 Å². The number of nitrogens with zero attached hydrogens (tertiary/aromatic N) is 3. The normalized spacial score (nSPS) is 10.6. The van der Waals surface area contributed by atoms with Crippen LogP contribution in [0, 0.1) is 6.92 Å². The van der Waals surface area contributed by atoms with Gasteiger partial charge in [-0.15, -0.1) is 0 Å². The lowest BCUT2D eigenvalue weighted by Gasteiger charge is -1.85. The largest absolute Gasteiger partial charge is 0.349 e. The molecule has 0 spiro atoms. The average Bonchev–Trinajstić information content (AvgIpc) is 2.31. The molecule has 2 aromatic heterocycles. The summed E-state index contributed by atoms with van der Waals surface area (Å²) in [5.41, 5.74) is 1.10. The number of rotatable bonds is 0. The molecule has 0 amide bonds. The number of aromatic nitrogens is 4. The Balaban J connectivity index is 3.02. The van der Waals surface area contributed by atoms with Gasteiger partial charge in [-0.3, -0.25) is 4.98 Å². The lowest BCUT2D eigenvalue weighted by Crippen LogP contribution is -2.17. The molecule has 0 saturated carbocycles. The van der Waals surface area contributed by atoms with Crippen LogP contribution in [0.25, 0.3) is 5.65 Å². The molecule has 56 valence electrons. The fourth-order valence-electron chi connectivity index (χ4n) is 0.942. The summed E-state index contributed by atoms with van der Waals surface area (Å²) >= 11 is 0. The van der Waals surface area contributed by atoms with E-state index in [4.69, 9.17) is 0 Å². The van der Waals surface area contributed by atoms with Crippen molar-refractivity contribution in [1.29, 1.82) is 0 Å². The van der Waals surface area contributed by atoms with Gasteiger partial charge in [0.05, 0.1) is 12.0 Å². The van der Waals surface area contributed by atoms with Crippen molar-refractivity contribution in [2.24, 2.45) is 0 Å². The highest BCUT2D eigenvalue weighted by molar-refractivity contribution is 5.36. The quantitative estimate of drug-likeness (QED) is 0.562. The van der Waals surface area contributed by atoms with Gasteiger partial charge in [-0.2, -0.15) is 9.61 Å². The van der Waals surface area contributed by atoms with Crippen LogP contribution in [0.2, 0.25) is 0 Å². The monoisotopic (exact) mass is 150 g/mol. The molecule has 0 fully saturated rings. The summed E-state index contributed by atoms with van der Waals surface area (Å²) < 4.78 is 1.23. The zero-order chi connectivity index (χ0) is 7.84. The summed E-state index contributed by atoms with van der Waals surface area (Å²) in [6, 6.07) is 1.75. The fourth-order valence-corrected chi connectivity index (χ4v) is 0.942. The first-order valence-corrected chi connectivity index (χ1v) is 3.17. The van der Waals surface area contributed by atoms with E-state index in [-0.39, 0.29) is 5.69 Å². The fraction of sp³-hybridized carbons (Fsp3) is 0.167. The third kappa shape index (κ3) is 0.813. The van der Waals surface area contributed by atoms with E-state index >= 15 is 0 Å². The Labute approximate surface area is 61.7 Å². The molecule has 0 aliphatic carbocycles. The molecule has 5 nitrogen and oxygen atoms in total. The van der Waals surface area contributed by atoms with Gasteiger partial charge in [-0.1, -0.05) is 0 Å². The molecule has 2 heterocycles. The van der Waals surface area contributed by atoms with Gasteiger partial charge < -0.3 is 0 Å². The Morgan fingerprint density at radius 1 is 1.64 bits per heavy atom. The molecule has 0 bridgehead atoms. The minimum absolute atomic E-state index is 0.261. The Morgan fingerprint density at radius 3 is 3.18 bits per heavy atom. The predicted octanol–water partition coefficient (Wildman–Crippen LogP) is -0.274. The van der Waals surface area contributed by atoms with Crippen LogP contribution < -0.4 is 5.69 Å². The molecule has 11 heavy (non-hydrogen) atoms. The predicted molar refractivity (Wildman–Crippen MR) is 38.3 cm³/mol. The summed E-state index contributed by atoms with van der Waals surface area (Å²) in [6.45, 7) is 1.81. The molecule has 2 rings (SSSR count). The molecule has 0 aliphatic rings. The second-order valence-corrected chi connectivity index (χ2v) is 2.26. The molecule has 0 aromatic carbocycles. The van der Waals surface area contributed by atoms with Crippen LogP contribution in [0.5, 0.6) is 0 Å². The van der Waals surface area contributed by atoms with Gasteiger partial charge in [0, 0.05) is 6.07 Å². The highest BCUT2D eigenvalue weighted by Gasteiger charge is 1.99. The van der Waals surface area contributed by atoms with Gasteiger partial charge in [0.25, 0.3) is 0 Å². The van der Waals surface area contributed by atoms with E-state index in [0.717, 1.165) is 5.69 Å². The van der Waals surface area contributed by atoms with Crippen molar-refractivity contribution in [3.05, 3.63) is 28.6 Å². The number of hydrogen-bond acceptors (Lipinski definition) is 3. The maximum atomic E-state index is 11.0. The third-order valence-electron chi connectivity index (χ3n) is 1.39. The van der Waals surface area contributed by atoms with Crippen molar-refractivity contribution in [1.82, 2.24) is 19.6 Å². The topological polar surface area (TPSA) is 63.0 Å². The van der Waals surface area contributed by atoms with Crippen molar-refractivity contribution in [2.75, 3.05) is 0 Å². The highest BCUT2D eigenvalue weighted by atomic mass is 16.1. The van der Waals surface area contributed by atoms with Crippen LogP contribution in [0.1, 0.15) is 5.69 Å². The van der Waals surface area contributed by atoms with E-state index in [2.05, 4.69) is 15.1 Å². The van der Waals surface area contributed by atoms with E-state index < -0.39 is 0 Å². The summed E-state index contributed by atoms with van der Waals surface area (Å²) in [7, 11) is 0. The van der Waals surface area contributed by atoms with Crippen LogP contribution in [0.15, 0.2) is 17.2 Å². The summed E-state index contributed by atoms with van der Waals surface area (Å²) in [4.78, 5) is 17.3. The molecule has 1 N–H and O–H groups in total. The minimum Gasteiger partial charge on any atom is -0.296 e. The van der Waals surface area contributed by atoms with Crippen molar-refractivity contribution in [3.8, 4) is 0 Å². The Hall–Kier alpha value is -1.65. The molecule has 0 atom stereocenters. The van der Waals surface area contributed by atoms with Crippen molar-refractivity contribution in [3.63, 3.8) is 0 Å². The van der Waals surface area contributed by atoms with Crippen LogP contribution in [-0.2, 0) is 0 Å². The van der Waals surface area contributed by atoms with Gasteiger partial charge in [-0.25, -0.2) is 9.78 Å². The molecule has 0 unspecified atom stereocenters. The van der Waals surface area contributed by atoms with Crippen LogP contribution in [0.4, 0.5) is 0 Å². The van der Waals surface area contributed by atoms with Gasteiger partial charge in [0.2, 0.25) is 0 Å². The Kier molecular flexibility index (Phi) is 1.06. The summed E-state index contributed by atoms with van der Waals surface area (Å²) in [6.07, 6.45) is 1.36.